The van der Waals surface area contributed by atoms with E-state index in [1.54, 1.807) is 0 Å². The monoisotopic (exact) mass is 193 g/mol. The number of aryl methyl sites for hydroxylation is 1. The first-order valence-corrected chi connectivity index (χ1v) is 5.63. The quantitative estimate of drug-likeness (QED) is 0.495. The van der Waals surface area contributed by atoms with E-state index in [1.807, 2.05) is 0 Å². The average Bonchev–Trinajstić information content (AvgIpc) is 2.15. The van der Waals surface area contributed by atoms with Crippen molar-refractivity contribution in [2.24, 2.45) is 0 Å². The minimum absolute atomic E-state index is 1.16. The number of hydrogen-bond acceptors (Lipinski definition) is 0. The van der Waals surface area contributed by atoms with E-state index in [4.69, 9.17) is 0 Å². The molecule has 0 atom stereocenters. The molecular weight excluding hydrogens is 175 g/mol. The molecule has 0 saturated carbocycles. The van der Waals surface area contributed by atoms with Crippen LogP contribution >= 0.6 is 9.24 Å². The van der Waals surface area contributed by atoms with Crippen LogP contribution < -0.4 is 5.30 Å². The third kappa shape index (κ3) is 4.43. The molecule has 1 heteroatoms. The highest BCUT2D eigenvalue weighted by atomic mass is 31.0. The Hall–Kier alpha value is -0.350. The fraction of sp³-hybridized carbons (Fsp3) is 0.500. The van der Waals surface area contributed by atoms with Gasteiger partial charge in [0.25, 0.3) is 0 Å². The predicted molar refractivity (Wildman–Crippen MR) is 62.2 cm³/mol. The minimum Gasteiger partial charge on any atom is -0.0654 e. The molecule has 1 rings (SSSR count). The summed E-state index contributed by atoms with van der Waals surface area (Å²) in [5.74, 6) is 0. The van der Waals surface area contributed by atoms with Gasteiger partial charge in [-0.05, 0) is 23.7 Å². The Morgan fingerprint density at radius 2 is 1.69 bits per heavy atom. The summed E-state index contributed by atoms with van der Waals surface area (Å²) >= 11 is 0. The van der Waals surface area contributed by atoms with E-state index in [9.17, 15) is 0 Å². The van der Waals surface area contributed by atoms with Gasteiger partial charge in [-0.25, -0.2) is 0 Å². The van der Waals surface area contributed by atoms with Gasteiger partial charge in [-0.15, -0.1) is 0 Å². The number of unbranched alkanes of at least 4 members (excludes halogenated alkanes) is 3. The van der Waals surface area contributed by atoms with Gasteiger partial charge >= 0.3 is 0 Å². The summed E-state index contributed by atoms with van der Waals surface area (Å²) in [4.78, 5) is 0. The average molecular weight is 193 g/mol. The molecule has 0 heterocycles. The van der Waals surface area contributed by atoms with Crippen molar-refractivity contribution in [3.05, 3.63) is 29.8 Å². The smallest absolute Gasteiger partial charge is 0.0227 e. The molecule has 0 bridgehead atoms. The van der Waals surface area contributed by atoms with Crippen LogP contribution in [0.1, 0.15) is 38.2 Å². The van der Waals surface area contributed by atoms with E-state index in [1.165, 1.54) is 37.7 Å². The zero-order valence-electron chi connectivity index (χ0n) is 8.34. The molecule has 0 aromatic heterocycles. The summed E-state index contributed by atoms with van der Waals surface area (Å²) < 4.78 is 0. The van der Waals surface area contributed by atoms with Crippen LogP contribution in [0.4, 0.5) is 0 Å². The molecule has 0 aliphatic rings. The second-order valence-electron chi connectivity index (χ2n) is 3.51. The van der Waals surface area contributed by atoms with Gasteiger partial charge in [0, 0.05) is 0 Å². The molecule has 0 aliphatic heterocycles. The van der Waals surface area contributed by atoms with Gasteiger partial charge in [-0.2, -0.15) is 0 Å². The summed E-state index contributed by atoms with van der Waals surface area (Å²) in [5.41, 5.74) is 1.46. The summed E-state index contributed by atoms with van der Waals surface area (Å²) in [6.07, 6.45) is 6.61. The second-order valence-corrected chi connectivity index (χ2v) is 4.08. The first-order valence-electron chi connectivity index (χ1n) is 5.13. The predicted octanol–water partition coefficient (Wildman–Crippen LogP) is 3.58. The first kappa shape index (κ1) is 10.7. The molecule has 1 aromatic rings. The van der Waals surface area contributed by atoms with Crippen LogP contribution in [0.2, 0.25) is 0 Å². The SMILES string of the molecule is CCCCCCc1ccc([PH])cc1. The van der Waals surface area contributed by atoms with Gasteiger partial charge < -0.3 is 0 Å². The highest BCUT2D eigenvalue weighted by Crippen LogP contribution is 2.07. The van der Waals surface area contributed by atoms with Crippen molar-refractivity contribution in [2.45, 2.75) is 39.0 Å². The van der Waals surface area contributed by atoms with Gasteiger partial charge in [0.2, 0.25) is 0 Å². The summed E-state index contributed by atoms with van der Waals surface area (Å²) in [7, 11) is 3.49. The Morgan fingerprint density at radius 3 is 2.31 bits per heavy atom. The molecule has 0 nitrogen and oxygen atoms in total. The maximum Gasteiger partial charge on any atom is -0.0227 e. The number of rotatable bonds is 5. The zero-order valence-corrected chi connectivity index (χ0v) is 9.34. The van der Waals surface area contributed by atoms with Crippen LogP contribution in [-0.2, 0) is 6.42 Å². The van der Waals surface area contributed by atoms with E-state index >= 15 is 0 Å². The normalized spacial score (nSPS) is 10.3. The molecule has 0 aliphatic carbocycles. The summed E-state index contributed by atoms with van der Waals surface area (Å²) in [6, 6.07) is 8.64. The second kappa shape index (κ2) is 6.16. The van der Waals surface area contributed by atoms with Crippen molar-refractivity contribution in [1.82, 2.24) is 0 Å². The zero-order chi connectivity index (χ0) is 9.52. The molecule has 0 N–H and O–H groups in total. The lowest BCUT2D eigenvalue weighted by Crippen LogP contribution is -1.91. The van der Waals surface area contributed by atoms with Gasteiger partial charge in [-0.3, -0.25) is 0 Å². The Kier molecular flexibility index (Phi) is 5.08. The van der Waals surface area contributed by atoms with Crippen LogP contribution in [-0.4, -0.2) is 0 Å². The lowest BCUT2D eigenvalue weighted by atomic mass is 10.1. The van der Waals surface area contributed by atoms with Crippen LogP contribution in [0.15, 0.2) is 24.3 Å². The Morgan fingerprint density at radius 1 is 1.00 bits per heavy atom. The fourth-order valence-corrected chi connectivity index (χ4v) is 1.59. The molecule has 71 valence electrons. The lowest BCUT2D eigenvalue weighted by molar-refractivity contribution is 0.667. The topological polar surface area (TPSA) is 0 Å². The summed E-state index contributed by atoms with van der Waals surface area (Å²) in [6.45, 7) is 2.25. The fourth-order valence-electron chi connectivity index (χ4n) is 1.43. The molecule has 0 fully saturated rings. The van der Waals surface area contributed by atoms with Crippen LogP contribution in [0.3, 0.4) is 0 Å². The maximum absolute atomic E-state index is 3.49. The van der Waals surface area contributed by atoms with E-state index in [-0.39, 0.29) is 0 Å². The maximum atomic E-state index is 3.49. The first-order chi connectivity index (χ1) is 6.33. The molecule has 0 unspecified atom stereocenters. The standard InChI is InChI=1S/C12H18P/c1-2-3-4-5-6-11-7-9-12(13)10-8-11/h7-10,13H,2-6H2,1H3. The Labute approximate surface area is 84.0 Å². The highest BCUT2D eigenvalue weighted by Gasteiger charge is 1.92. The van der Waals surface area contributed by atoms with Crippen LogP contribution in [0.5, 0.6) is 0 Å². The van der Waals surface area contributed by atoms with E-state index in [0.29, 0.717) is 0 Å². The van der Waals surface area contributed by atoms with Crippen LogP contribution in [0, 0.1) is 0 Å². The third-order valence-electron chi connectivity index (χ3n) is 2.27. The Balaban J connectivity index is 2.25. The molecule has 1 aromatic carbocycles. The Bertz CT molecular complexity index is 225. The summed E-state index contributed by atoms with van der Waals surface area (Å²) in [5, 5.41) is 1.16. The van der Waals surface area contributed by atoms with Crippen molar-refractivity contribution in [3.63, 3.8) is 0 Å². The van der Waals surface area contributed by atoms with E-state index in [0.717, 1.165) is 5.30 Å². The van der Waals surface area contributed by atoms with Crippen molar-refractivity contribution in [1.29, 1.82) is 0 Å². The third-order valence-corrected chi connectivity index (χ3v) is 2.61. The molecule has 0 amide bonds. The van der Waals surface area contributed by atoms with Crippen molar-refractivity contribution >= 4 is 14.5 Å². The van der Waals surface area contributed by atoms with Crippen molar-refractivity contribution in [2.75, 3.05) is 0 Å². The van der Waals surface area contributed by atoms with Gasteiger partial charge in [-0.1, -0.05) is 59.7 Å². The molecule has 1 radical (unpaired) electrons. The van der Waals surface area contributed by atoms with Crippen molar-refractivity contribution in [3.8, 4) is 0 Å². The molecular formula is C12H18P. The highest BCUT2D eigenvalue weighted by molar-refractivity contribution is 7.27. The number of benzene rings is 1. The van der Waals surface area contributed by atoms with E-state index in [2.05, 4.69) is 40.4 Å². The molecule has 13 heavy (non-hydrogen) atoms. The molecule has 0 spiro atoms. The van der Waals surface area contributed by atoms with E-state index < -0.39 is 0 Å². The van der Waals surface area contributed by atoms with Gasteiger partial charge in [0.15, 0.2) is 0 Å². The largest absolute Gasteiger partial charge is 0.0654 e. The number of hydrogen-bond donors (Lipinski definition) is 0. The minimum atomic E-state index is 1.16. The van der Waals surface area contributed by atoms with Crippen molar-refractivity contribution < 1.29 is 0 Å². The lowest BCUT2D eigenvalue weighted by Gasteiger charge is -2.01. The molecule has 0 saturated heterocycles. The van der Waals surface area contributed by atoms with Gasteiger partial charge in [0.1, 0.15) is 0 Å². The van der Waals surface area contributed by atoms with Crippen LogP contribution in [0.25, 0.3) is 0 Å². The van der Waals surface area contributed by atoms with Gasteiger partial charge in [0.05, 0.1) is 0 Å².